The normalized spacial score (nSPS) is 11.9. The first-order valence-electron chi connectivity index (χ1n) is 5.63. The number of aliphatic hydroxyl groups is 1. The molecular formula is C13H12N2O4. The fourth-order valence-electron chi connectivity index (χ4n) is 1.58. The largest absolute Gasteiger partial charge is 0.438 e. The van der Waals surface area contributed by atoms with Crippen molar-refractivity contribution in [2.24, 2.45) is 0 Å². The van der Waals surface area contributed by atoms with Crippen LogP contribution >= 0.6 is 0 Å². The molecule has 2 rings (SSSR count). The Balaban J connectivity index is 2.31. The van der Waals surface area contributed by atoms with Crippen LogP contribution < -0.4 is 4.74 Å². The maximum absolute atomic E-state index is 10.7. The molecule has 0 aliphatic rings. The number of nitro benzene ring substituents is 1. The number of non-ortho nitro benzene ring substituents is 1. The van der Waals surface area contributed by atoms with Crippen molar-refractivity contribution >= 4 is 5.69 Å². The molecule has 1 aromatic heterocycles. The number of nitrogens with zero attached hydrogens (tertiary/aromatic N) is 2. The highest BCUT2D eigenvalue weighted by Crippen LogP contribution is 2.28. The molecule has 0 saturated carbocycles. The lowest BCUT2D eigenvalue weighted by Gasteiger charge is -2.11. The van der Waals surface area contributed by atoms with Gasteiger partial charge in [-0.05, 0) is 25.1 Å². The molecule has 0 aliphatic heterocycles. The molecule has 0 fully saturated rings. The highest BCUT2D eigenvalue weighted by Gasteiger charge is 2.12. The molecule has 19 heavy (non-hydrogen) atoms. The molecule has 0 amide bonds. The summed E-state index contributed by atoms with van der Waals surface area (Å²) in [5.74, 6) is 0.535. The number of ether oxygens (including phenoxy) is 1. The Morgan fingerprint density at radius 2 is 2.16 bits per heavy atom. The van der Waals surface area contributed by atoms with Crippen LogP contribution in [0.3, 0.4) is 0 Å². The molecular weight excluding hydrogens is 248 g/mol. The number of hydrogen-bond donors (Lipinski definition) is 1. The molecule has 2 aromatic rings. The van der Waals surface area contributed by atoms with Crippen LogP contribution in [-0.2, 0) is 0 Å². The Morgan fingerprint density at radius 3 is 2.84 bits per heavy atom. The summed E-state index contributed by atoms with van der Waals surface area (Å²) in [5.41, 5.74) is 0.459. The molecule has 0 radical (unpaired) electrons. The number of aliphatic hydroxyl groups excluding tert-OH is 1. The first-order chi connectivity index (χ1) is 9.08. The Hall–Kier alpha value is -2.47. The molecule has 1 aromatic carbocycles. The number of aromatic nitrogens is 1. The van der Waals surface area contributed by atoms with Gasteiger partial charge in [0.25, 0.3) is 5.69 Å². The smallest absolute Gasteiger partial charge is 0.273 e. The number of pyridine rings is 1. The van der Waals surface area contributed by atoms with Crippen LogP contribution in [0.5, 0.6) is 11.6 Å². The van der Waals surface area contributed by atoms with E-state index in [4.69, 9.17) is 4.74 Å². The van der Waals surface area contributed by atoms with Crippen molar-refractivity contribution in [3.63, 3.8) is 0 Å². The van der Waals surface area contributed by atoms with E-state index < -0.39 is 11.0 Å². The third-order valence-electron chi connectivity index (χ3n) is 2.49. The highest BCUT2D eigenvalue weighted by molar-refractivity contribution is 5.40. The molecule has 0 spiro atoms. The third kappa shape index (κ3) is 3.05. The quantitative estimate of drug-likeness (QED) is 0.674. The summed E-state index contributed by atoms with van der Waals surface area (Å²) in [4.78, 5) is 14.2. The molecule has 1 atom stereocenters. The fourth-order valence-corrected chi connectivity index (χ4v) is 1.58. The van der Waals surface area contributed by atoms with Gasteiger partial charge < -0.3 is 9.84 Å². The number of rotatable bonds is 4. The molecule has 0 saturated heterocycles. The van der Waals surface area contributed by atoms with Crippen LogP contribution in [0, 0.1) is 10.1 Å². The summed E-state index contributed by atoms with van der Waals surface area (Å²) in [6.07, 6.45) is 0.792. The van der Waals surface area contributed by atoms with Gasteiger partial charge in [0.2, 0.25) is 5.88 Å². The summed E-state index contributed by atoms with van der Waals surface area (Å²) < 4.78 is 5.49. The van der Waals surface area contributed by atoms with Crippen molar-refractivity contribution in [2.75, 3.05) is 0 Å². The van der Waals surface area contributed by atoms with Crippen molar-refractivity contribution in [2.45, 2.75) is 13.0 Å². The zero-order valence-corrected chi connectivity index (χ0v) is 10.2. The van der Waals surface area contributed by atoms with Crippen LogP contribution in [0.4, 0.5) is 5.69 Å². The van der Waals surface area contributed by atoms with Gasteiger partial charge in [0.1, 0.15) is 5.75 Å². The van der Waals surface area contributed by atoms with Gasteiger partial charge in [0, 0.05) is 17.8 Å². The lowest BCUT2D eigenvalue weighted by atomic mass is 10.2. The Bertz CT molecular complexity index is 599. The van der Waals surface area contributed by atoms with Crippen molar-refractivity contribution in [3.8, 4) is 11.6 Å². The first-order valence-corrected chi connectivity index (χ1v) is 5.63. The molecule has 0 unspecified atom stereocenters. The van der Waals surface area contributed by atoms with Crippen LogP contribution in [0.2, 0.25) is 0 Å². The maximum Gasteiger partial charge on any atom is 0.273 e. The average molecular weight is 260 g/mol. The van der Waals surface area contributed by atoms with E-state index in [1.807, 2.05) is 0 Å². The molecule has 6 nitrogen and oxygen atoms in total. The van der Waals surface area contributed by atoms with E-state index in [1.54, 1.807) is 25.1 Å². The minimum Gasteiger partial charge on any atom is -0.438 e. The van der Waals surface area contributed by atoms with Gasteiger partial charge in [-0.3, -0.25) is 10.1 Å². The van der Waals surface area contributed by atoms with E-state index in [-0.39, 0.29) is 11.6 Å². The van der Waals surface area contributed by atoms with E-state index in [2.05, 4.69) is 4.98 Å². The van der Waals surface area contributed by atoms with E-state index in [9.17, 15) is 15.2 Å². The van der Waals surface area contributed by atoms with Crippen molar-refractivity contribution < 1.29 is 14.8 Å². The van der Waals surface area contributed by atoms with Crippen molar-refractivity contribution in [1.82, 2.24) is 4.98 Å². The van der Waals surface area contributed by atoms with Gasteiger partial charge in [-0.25, -0.2) is 4.98 Å². The zero-order valence-electron chi connectivity index (χ0n) is 10.2. The predicted octanol–water partition coefficient (Wildman–Crippen LogP) is 2.84. The third-order valence-corrected chi connectivity index (χ3v) is 2.49. The van der Waals surface area contributed by atoms with Gasteiger partial charge in [-0.2, -0.15) is 0 Å². The summed E-state index contributed by atoms with van der Waals surface area (Å²) in [6, 6.07) is 9.17. The first kappa shape index (κ1) is 13.0. The van der Waals surface area contributed by atoms with Crippen molar-refractivity contribution in [3.05, 3.63) is 58.3 Å². The van der Waals surface area contributed by atoms with Gasteiger partial charge in [-0.15, -0.1) is 0 Å². The summed E-state index contributed by atoms with van der Waals surface area (Å²) >= 11 is 0. The second-order valence-electron chi connectivity index (χ2n) is 3.93. The Morgan fingerprint density at radius 1 is 1.37 bits per heavy atom. The van der Waals surface area contributed by atoms with E-state index in [0.29, 0.717) is 11.3 Å². The SMILES string of the molecule is C[C@@H](O)c1cccnc1Oc1cccc([N+](=O)[O-])c1. The van der Waals surface area contributed by atoms with E-state index >= 15 is 0 Å². The topological polar surface area (TPSA) is 85.5 Å². The lowest BCUT2D eigenvalue weighted by Crippen LogP contribution is -1.98. The monoisotopic (exact) mass is 260 g/mol. The molecule has 6 heteroatoms. The maximum atomic E-state index is 10.7. The zero-order chi connectivity index (χ0) is 13.8. The van der Waals surface area contributed by atoms with Gasteiger partial charge in [0.15, 0.2) is 0 Å². The predicted molar refractivity (Wildman–Crippen MR) is 68.0 cm³/mol. The van der Waals surface area contributed by atoms with Crippen molar-refractivity contribution in [1.29, 1.82) is 0 Å². The second-order valence-corrected chi connectivity index (χ2v) is 3.93. The minimum atomic E-state index is -0.734. The number of nitro groups is 1. The van der Waals surface area contributed by atoms with Gasteiger partial charge in [-0.1, -0.05) is 6.07 Å². The van der Waals surface area contributed by atoms with Crippen LogP contribution in [0.15, 0.2) is 42.6 Å². The average Bonchev–Trinajstić information content (AvgIpc) is 2.39. The summed E-state index contributed by atoms with van der Waals surface area (Å²) in [7, 11) is 0. The lowest BCUT2D eigenvalue weighted by molar-refractivity contribution is -0.384. The molecule has 98 valence electrons. The Labute approximate surface area is 109 Å². The Kier molecular flexibility index (Phi) is 3.72. The number of benzene rings is 1. The van der Waals surface area contributed by atoms with Gasteiger partial charge >= 0.3 is 0 Å². The molecule has 0 bridgehead atoms. The molecule has 0 aliphatic carbocycles. The standard InChI is InChI=1S/C13H12N2O4/c1-9(16)12-6-3-7-14-13(12)19-11-5-2-4-10(8-11)15(17)18/h2-9,16H,1H3/t9-/m1/s1. The number of hydrogen-bond acceptors (Lipinski definition) is 5. The highest BCUT2D eigenvalue weighted by atomic mass is 16.6. The van der Waals surface area contributed by atoms with E-state index in [1.165, 1.54) is 24.4 Å². The van der Waals surface area contributed by atoms with Gasteiger partial charge in [0.05, 0.1) is 17.1 Å². The summed E-state index contributed by atoms with van der Waals surface area (Å²) in [5, 5.41) is 20.3. The molecule has 1 heterocycles. The van der Waals surface area contributed by atoms with E-state index in [0.717, 1.165) is 0 Å². The van der Waals surface area contributed by atoms with Crippen LogP contribution in [-0.4, -0.2) is 15.0 Å². The minimum absolute atomic E-state index is 0.0629. The molecule has 1 N–H and O–H groups in total. The summed E-state index contributed by atoms with van der Waals surface area (Å²) in [6.45, 7) is 1.59. The van der Waals surface area contributed by atoms with Crippen LogP contribution in [0.25, 0.3) is 0 Å². The second kappa shape index (κ2) is 5.45. The van der Waals surface area contributed by atoms with Crippen LogP contribution in [0.1, 0.15) is 18.6 Å². The fraction of sp³-hybridized carbons (Fsp3) is 0.154.